The lowest BCUT2D eigenvalue weighted by atomic mass is 10.1. The number of primary amides is 1. The van der Waals surface area contributed by atoms with Gasteiger partial charge in [0.05, 0.1) is 18.8 Å². The Labute approximate surface area is 169 Å². The monoisotopic (exact) mass is 434 g/mol. The number of ether oxygens (including phenoxy) is 1. The average Bonchev–Trinajstić information content (AvgIpc) is 2.67. The second-order valence-corrected chi connectivity index (χ2v) is 6.45. The largest absolute Gasteiger partial charge is 0.370 e. The van der Waals surface area contributed by atoms with Crippen LogP contribution in [-0.2, 0) is 19.1 Å². The van der Waals surface area contributed by atoms with Gasteiger partial charge in [-0.05, 0) is 24.7 Å². The summed E-state index contributed by atoms with van der Waals surface area (Å²) in [5.74, 6) is -2.67. The minimum atomic E-state index is -2.97. The first kappa shape index (κ1) is 23.5. The predicted molar refractivity (Wildman–Crippen MR) is 99.4 cm³/mol. The average molecular weight is 434 g/mol. The molecule has 12 heteroatoms. The molecule has 166 valence electrons. The molecule has 0 bridgehead atoms. The first-order valence-corrected chi connectivity index (χ1v) is 9.08. The fourth-order valence-corrected chi connectivity index (χ4v) is 3.11. The second-order valence-electron chi connectivity index (χ2n) is 6.45. The minimum absolute atomic E-state index is 0.0318. The number of carbonyl (C=O) groups is 3. The van der Waals surface area contributed by atoms with E-state index >= 15 is 0 Å². The maximum Gasteiger partial charge on any atom is 0.265 e. The number of morpholine rings is 1. The number of benzene rings is 1. The van der Waals surface area contributed by atoms with Gasteiger partial charge in [-0.2, -0.15) is 0 Å². The van der Waals surface area contributed by atoms with Crippen molar-refractivity contribution >= 4 is 29.1 Å². The van der Waals surface area contributed by atoms with E-state index in [2.05, 4.69) is 5.32 Å². The zero-order chi connectivity index (χ0) is 22.4. The van der Waals surface area contributed by atoms with Crippen LogP contribution in [0.4, 0.5) is 28.9 Å². The molecule has 0 aromatic heterocycles. The Balaban J connectivity index is 2.28. The SMILES string of the molecule is CCN(CC(F)F)[C@@H](C(N)=O)C(=O)Nc1ccc(N2CCOCC2=O)c(C(F)F)c1. The molecule has 1 aromatic carbocycles. The molecule has 30 heavy (non-hydrogen) atoms. The molecule has 1 aliphatic rings. The van der Waals surface area contributed by atoms with E-state index < -0.39 is 48.7 Å². The highest BCUT2D eigenvalue weighted by atomic mass is 19.3. The summed E-state index contributed by atoms with van der Waals surface area (Å²) in [6.45, 7) is 0.577. The lowest BCUT2D eigenvalue weighted by Crippen LogP contribution is -2.53. The van der Waals surface area contributed by atoms with Crippen molar-refractivity contribution in [1.29, 1.82) is 0 Å². The van der Waals surface area contributed by atoms with Crippen molar-refractivity contribution < 1.29 is 36.7 Å². The number of alkyl halides is 4. The lowest BCUT2D eigenvalue weighted by Gasteiger charge is -2.29. The smallest absolute Gasteiger partial charge is 0.265 e. The fourth-order valence-electron chi connectivity index (χ4n) is 3.11. The number of nitrogens with one attached hydrogen (secondary N) is 1. The van der Waals surface area contributed by atoms with Crippen LogP contribution in [0.2, 0.25) is 0 Å². The lowest BCUT2D eigenvalue weighted by molar-refractivity contribution is -0.133. The van der Waals surface area contributed by atoms with Crippen LogP contribution in [0.5, 0.6) is 0 Å². The number of carbonyl (C=O) groups excluding carboxylic acids is 3. The molecule has 0 radical (unpaired) electrons. The number of hydrogen-bond donors (Lipinski definition) is 2. The van der Waals surface area contributed by atoms with Crippen molar-refractivity contribution in [2.24, 2.45) is 5.73 Å². The van der Waals surface area contributed by atoms with Crippen LogP contribution in [0.3, 0.4) is 0 Å². The summed E-state index contributed by atoms with van der Waals surface area (Å²) in [5, 5.41) is 2.26. The van der Waals surface area contributed by atoms with Crippen LogP contribution in [-0.4, -0.2) is 67.9 Å². The van der Waals surface area contributed by atoms with Crippen molar-refractivity contribution in [3.8, 4) is 0 Å². The number of halogens is 4. The number of anilines is 2. The summed E-state index contributed by atoms with van der Waals surface area (Å²) in [7, 11) is 0. The first-order valence-electron chi connectivity index (χ1n) is 9.08. The standard InChI is InChI=1S/C18H22F4N4O4/c1-2-25(8-13(19)20)15(17(23)28)18(29)24-10-3-4-12(11(7-10)16(21)22)26-5-6-30-9-14(26)27/h3-4,7,13,15-16H,2,5-6,8-9H2,1H3,(H2,23,28)(H,24,29)/t15-/m0/s1. The van der Waals surface area contributed by atoms with Gasteiger partial charge in [-0.1, -0.05) is 6.92 Å². The molecule has 8 nitrogen and oxygen atoms in total. The molecule has 1 heterocycles. The van der Waals surface area contributed by atoms with Gasteiger partial charge in [0.15, 0.2) is 6.04 Å². The molecule has 3 amide bonds. The van der Waals surface area contributed by atoms with Gasteiger partial charge in [-0.15, -0.1) is 0 Å². The highest BCUT2D eigenvalue weighted by molar-refractivity contribution is 6.09. The van der Waals surface area contributed by atoms with E-state index in [1.165, 1.54) is 19.1 Å². The van der Waals surface area contributed by atoms with Crippen LogP contribution in [0.15, 0.2) is 18.2 Å². The summed E-state index contributed by atoms with van der Waals surface area (Å²) in [5.41, 5.74) is 4.55. The molecule has 3 N–H and O–H groups in total. The molecule has 1 atom stereocenters. The van der Waals surface area contributed by atoms with Crippen molar-refractivity contribution in [3.05, 3.63) is 23.8 Å². The van der Waals surface area contributed by atoms with Crippen molar-refractivity contribution in [2.75, 3.05) is 43.1 Å². The van der Waals surface area contributed by atoms with Crippen LogP contribution in [0, 0.1) is 0 Å². The van der Waals surface area contributed by atoms with Crippen LogP contribution >= 0.6 is 0 Å². The van der Waals surface area contributed by atoms with Crippen LogP contribution in [0.25, 0.3) is 0 Å². The number of nitrogens with two attached hydrogens (primary N) is 1. The summed E-state index contributed by atoms with van der Waals surface area (Å²) < 4.78 is 57.6. The van der Waals surface area contributed by atoms with Gasteiger partial charge in [0.2, 0.25) is 5.91 Å². The van der Waals surface area contributed by atoms with Crippen molar-refractivity contribution in [2.45, 2.75) is 25.8 Å². The maximum absolute atomic E-state index is 13.6. The van der Waals surface area contributed by atoms with E-state index in [0.717, 1.165) is 15.9 Å². The Morgan fingerprint density at radius 2 is 2.00 bits per heavy atom. The summed E-state index contributed by atoms with van der Waals surface area (Å²) in [4.78, 5) is 38.2. The fraction of sp³-hybridized carbons (Fsp3) is 0.500. The molecule has 0 saturated carbocycles. The Morgan fingerprint density at radius 1 is 1.30 bits per heavy atom. The molecule has 0 spiro atoms. The van der Waals surface area contributed by atoms with Gasteiger partial charge in [0.1, 0.15) is 6.61 Å². The summed E-state index contributed by atoms with van der Waals surface area (Å²) in [6, 6.07) is 1.75. The Kier molecular flexibility index (Phi) is 8.12. The van der Waals surface area contributed by atoms with Crippen LogP contribution in [0.1, 0.15) is 18.9 Å². The molecule has 1 aromatic rings. The van der Waals surface area contributed by atoms with E-state index in [9.17, 15) is 31.9 Å². The number of amides is 3. The van der Waals surface area contributed by atoms with E-state index in [4.69, 9.17) is 10.5 Å². The summed E-state index contributed by atoms with van der Waals surface area (Å²) in [6.07, 6.45) is -5.78. The first-order chi connectivity index (χ1) is 14.1. The Hall–Kier alpha value is -2.73. The zero-order valence-electron chi connectivity index (χ0n) is 16.1. The summed E-state index contributed by atoms with van der Waals surface area (Å²) >= 11 is 0. The topological polar surface area (TPSA) is 105 Å². The number of likely N-dealkylation sites (N-methyl/N-ethyl adjacent to an activating group) is 1. The predicted octanol–water partition coefficient (Wildman–Crippen LogP) is 1.37. The molecule has 1 aliphatic heterocycles. The number of rotatable bonds is 9. The zero-order valence-corrected chi connectivity index (χ0v) is 16.1. The van der Waals surface area contributed by atoms with Crippen molar-refractivity contribution in [1.82, 2.24) is 4.90 Å². The second kappa shape index (κ2) is 10.3. The highest BCUT2D eigenvalue weighted by Gasteiger charge is 2.32. The van der Waals surface area contributed by atoms with Gasteiger partial charge >= 0.3 is 0 Å². The molecular weight excluding hydrogens is 412 g/mol. The third kappa shape index (κ3) is 5.66. The Bertz CT molecular complexity index is 793. The van der Waals surface area contributed by atoms with E-state index in [1.807, 2.05) is 0 Å². The maximum atomic E-state index is 13.6. The number of nitrogens with zero attached hydrogens (tertiary/aromatic N) is 2. The normalized spacial score (nSPS) is 15.7. The minimum Gasteiger partial charge on any atom is -0.370 e. The molecular formula is C18H22F4N4O4. The number of hydrogen-bond acceptors (Lipinski definition) is 5. The highest BCUT2D eigenvalue weighted by Crippen LogP contribution is 2.33. The van der Waals surface area contributed by atoms with E-state index in [-0.39, 0.29) is 37.7 Å². The van der Waals surface area contributed by atoms with Gasteiger partial charge in [0.25, 0.3) is 24.7 Å². The van der Waals surface area contributed by atoms with Gasteiger partial charge in [0, 0.05) is 17.8 Å². The van der Waals surface area contributed by atoms with Gasteiger partial charge < -0.3 is 20.7 Å². The third-order valence-corrected chi connectivity index (χ3v) is 4.47. The van der Waals surface area contributed by atoms with E-state index in [0.29, 0.717) is 0 Å². The van der Waals surface area contributed by atoms with E-state index in [1.54, 1.807) is 0 Å². The van der Waals surface area contributed by atoms with Crippen LogP contribution < -0.4 is 16.0 Å². The molecule has 1 fully saturated rings. The molecule has 2 rings (SSSR count). The quantitative estimate of drug-likeness (QED) is 0.451. The molecule has 0 unspecified atom stereocenters. The Morgan fingerprint density at radius 3 is 2.53 bits per heavy atom. The van der Waals surface area contributed by atoms with Gasteiger partial charge in [-0.25, -0.2) is 17.6 Å². The van der Waals surface area contributed by atoms with Crippen molar-refractivity contribution in [3.63, 3.8) is 0 Å². The molecule has 0 aliphatic carbocycles. The van der Waals surface area contributed by atoms with Gasteiger partial charge in [-0.3, -0.25) is 19.3 Å². The molecule has 1 saturated heterocycles. The third-order valence-electron chi connectivity index (χ3n) is 4.47.